The molecule has 1 rings (SSSR count). The maximum Gasteiger partial charge on any atom is 0.0517 e. The van der Waals surface area contributed by atoms with Crippen molar-refractivity contribution in [1.82, 2.24) is 0 Å². The Hall–Kier alpha value is -1.02. The molecule has 1 aromatic carbocycles. The minimum Gasteiger partial charge on any atom is -0.324 e. The van der Waals surface area contributed by atoms with Crippen LogP contribution in [0.1, 0.15) is 18.9 Å². The van der Waals surface area contributed by atoms with Gasteiger partial charge in [-0.05, 0) is 18.1 Å². The molecule has 0 unspecified atom stereocenters. The molecular weight excluding hydrogens is 136 g/mol. The van der Waals surface area contributed by atoms with Crippen LogP contribution in [0.4, 0.5) is 5.69 Å². The molecule has 0 aliphatic rings. The average Bonchev–Trinajstić information content (AvgIpc) is 2.06. The number of hydrazine groups is 1. The van der Waals surface area contributed by atoms with Crippen molar-refractivity contribution in [3.63, 3.8) is 0 Å². The van der Waals surface area contributed by atoms with Gasteiger partial charge in [-0.25, -0.2) is 0 Å². The van der Waals surface area contributed by atoms with Crippen molar-refractivity contribution in [2.24, 2.45) is 5.84 Å². The number of nitrogens with two attached hydrogens (primary N) is 1. The lowest BCUT2D eigenvalue weighted by molar-refractivity contribution is 0.921. The van der Waals surface area contributed by atoms with Crippen molar-refractivity contribution >= 4 is 5.69 Å². The summed E-state index contributed by atoms with van der Waals surface area (Å²) in [6, 6.07) is 8.10. The first-order chi connectivity index (χ1) is 5.38. The molecule has 0 aromatic heterocycles. The van der Waals surface area contributed by atoms with Gasteiger partial charge in [0.25, 0.3) is 0 Å². The summed E-state index contributed by atoms with van der Waals surface area (Å²) < 4.78 is 0. The highest BCUT2D eigenvalue weighted by atomic mass is 15.2. The standard InChI is InChI=1S/C9H14N2/c1-2-5-8-6-3-4-7-9(8)11-10/h3-4,6-7,11H,2,5,10H2,1H3. The summed E-state index contributed by atoms with van der Waals surface area (Å²) in [4.78, 5) is 0. The zero-order chi connectivity index (χ0) is 8.10. The molecule has 0 radical (unpaired) electrons. The molecule has 0 aliphatic heterocycles. The van der Waals surface area contributed by atoms with Gasteiger partial charge in [0.1, 0.15) is 0 Å². The quantitative estimate of drug-likeness (QED) is 0.510. The molecule has 0 amide bonds. The molecular formula is C9H14N2. The lowest BCUT2D eigenvalue weighted by Gasteiger charge is -2.05. The lowest BCUT2D eigenvalue weighted by Crippen LogP contribution is -2.08. The Balaban J connectivity index is 2.83. The maximum atomic E-state index is 5.33. The van der Waals surface area contributed by atoms with E-state index < -0.39 is 0 Å². The van der Waals surface area contributed by atoms with Crippen LogP contribution in [0, 0.1) is 0 Å². The van der Waals surface area contributed by atoms with E-state index in [4.69, 9.17) is 5.84 Å². The Labute approximate surface area is 67.4 Å². The lowest BCUT2D eigenvalue weighted by atomic mass is 10.1. The number of nitrogens with one attached hydrogen (secondary N) is 1. The van der Waals surface area contributed by atoms with E-state index in [0.717, 1.165) is 18.5 Å². The summed E-state index contributed by atoms with van der Waals surface area (Å²) >= 11 is 0. The fourth-order valence-corrected chi connectivity index (χ4v) is 1.15. The van der Waals surface area contributed by atoms with E-state index in [1.54, 1.807) is 0 Å². The molecule has 3 N–H and O–H groups in total. The summed E-state index contributed by atoms with van der Waals surface area (Å²) in [6.45, 7) is 2.16. The van der Waals surface area contributed by atoms with E-state index in [1.165, 1.54) is 5.56 Å². The molecule has 11 heavy (non-hydrogen) atoms. The zero-order valence-electron chi connectivity index (χ0n) is 6.80. The summed E-state index contributed by atoms with van der Waals surface area (Å²) in [5.74, 6) is 5.33. The van der Waals surface area contributed by atoms with Crippen LogP contribution in [0.2, 0.25) is 0 Å². The van der Waals surface area contributed by atoms with Gasteiger partial charge in [-0.15, -0.1) is 0 Å². The number of rotatable bonds is 3. The van der Waals surface area contributed by atoms with Crippen molar-refractivity contribution in [1.29, 1.82) is 0 Å². The van der Waals surface area contributed by atoms with E-state index in [0.29, 0.717) is 0 Å². The van der Waals surface area contributed by atoms with Crippen LogP contribution in [-0.2, 0) is 6.42 Å². The molecule has 0 bridgehead atoms. The molecule has 0 aliphatic carbocycles. The van der Waals surface area contributed by atoms with Crippen LogP contribution in [0.15, 0.2) is 24.3 Å². The summed E-state index contributed by atoms with van der Waals surface area (Å²) in [7, 11) is 0. The number of hydrogen-bond donors (Lipinski definition) is 2. The Bertz CT molecular complexity index is 221. The molecule has 60 valence electrons. The maximum absolute atomic E-state index is 5.33. The normalized spacial score (nSPS) is 9.64. The first kappa shape index (κ1) is 8.08. The third-order valence-electron chi connectivity index (χ3n) is 1.69. The molecule has 0 heterocycles. The van der Waals surface area contributed by atoms with E-state index in [1.807, 2.05) is 18.2 Å². The molecule has 0 atom stereocenters. The van der Waals surface area contributed by atoms with Crippen LogP contribution in [-0.4, -0.2) is 0 Å². The van der Waals surface area contributed by atoms with Gasteiger partial charge in [0.2, 0.25) is 0 Å². The second kappa shape index (κ2) is 3.98. The van der Waals surface area contributed by atoms with E-state index >= 15 is 0 Å². The third kappa shape index (κ3) is 1.95. The predicted molar refractivity (Wildman–Crippen MR) is 48.2 cm³/mol. The second-order valence-electron chi connectivity index (χ2n) is 2.55. The topological polar surface area (TPSA) is 38.0 Å². The molecule has 2 nitrogen and oxygen atoms in total. The number of anilines is 1. The highest BCUT2D eigenvalue weighted by Gasteiger charge is 1.96. The van der Waals surface area contributed by atoms with Gasteiger partial charge in [-0.2, -0.15) is 0 Å². The van der Waals surface area contributed by atoms with Crippen molar-refractivity contribution in [2.75, 3.05) is 5.43 Å². The monoisotopic (exact) mass is 150 g/mol. The third-order valence-corrected chi connectivity index (χ3v) is 1.69. The average molecular weight is 150 g/mol. The minimum atomic E-state index is 1.04. The highest BCUT2D eigenvalue weighted by Crippen LogP contribution is 2.14. The Kier molecular flexibility index (Phi) is 2.93. The van der Waals surface area contributed by atoms with Crippen molar-refractivity contribution < 1.29 is 0 Å². The molecule has 0 saturated carbocycles. The van der Waals surface area contributed by atoms with Gasteiger partial charge >= 0.3 is 0 Å². The van der Waals surface area contributed by atoms with Gasteiger partial charge in [-0.3, -0.25) is 5.84 Å². The van der Waals surface area contributed by atoms with Crippen molar-refractivity contribution in [3.8, 4) is 0 Å². The van der Waals surface area contributed by atoms with E-state index in [2.05, 4.69) is 18.4 Å². The fraction of sp³-hybridized carbons (Fsp3) is 0.333. The molecule has 0 spiro atoms. The molecule has 0 fully saturated rings. The minimum absolute atomic E-state index is 1.04. The van der Waals surface area contributed by atoms with Crippen molar-refractivity contribution in [3.05, 3.63) is 29.8 Å². The Morgan fingerprint density at radius 3 is 2.73 bits per heavy atom. The number of benzene rings is 1. The number of aryl methyl sites for hydroxylation is 1. The summed E-state index contributed by atoms with van der Waals surface area (Å²) in [6.07, 6.45) is 2.24. The van der Waals surface area contributed by atoms with Gasteiger partial charge in [-0.1, -0.05) is 31.5 Å². The Morgan fingerprint density at radius 1 is 1.36 bits per heavy atom. The Morgan fingerprint density at radius 2 is 2.09 bits per heavy atom. The zero-order valence-corrected chi connectivity index (χ0v) is 6.80. The van der Waals surface area contributed by atoms with Crippen LogP contribution < -0.4 is 11.3 Å². The van der Waals surface area contributed by atoms with Crippen molar-refractivity contribution in [2.45, 2.75) is 19.8 Å². The van der Waals surface area contributed by atoms with Crippen LogP contribution in [0.3, 0.4) is 0 Å². The number of hydrogen-bond acceptors (Lipinski definition) is 2. The van der Waals surface area contributed by atoms with E-state index in [-0.39, 0.29) is 0 Å². The second-order valence-corrected chi connectivity index (χ2v) is 2.55. The van der Waals surface area contributed by atoms with Gasteiger partial charge in [0.15, 0.2) is 0 Å². The van der Waals surface area contributed by atoms with Gasteiger partial charge in [0.05, 0.1) is 5.69 Å². The fourth-order valence-electron chi connectivity index (χ4n) is 1.15. The van der Waals surface area contributed by atoms with Crippen LogP contribution in [0.5, 0.6) is 0 Å². The largest absolute Gasteiger partial charge is 0.324 e. The van der Waals surface area contributed by atoms with Gasteiger partial charge in [0, 0.05) is 0 Å². The number of para-hydroxylation sites is 1. The van der Waals surface area contributed by atoms with Crippen LogP contribution >= 0.6 is 0 Å². The molecule has 2 heteroatoms. The predicted octanol–water partition coefficient (Wildman–Crippen LogP) is 1.92. The van der Waals surface area contributed by atoms with Crippen LogP contribution in [0.25, 0.3) is 0 Å². The van der Waals surface area contributed by atoms with E-state index in [9.17, 15) is 0 Å². The highest BCUT2D eigenvalue weighted by molar-refractivity contribution is 5.49. The SMILES string of the molecule is CCCc1ccccc1NN. The molecule has 0 saturated heterocycles. The summed E-state index contributed by atoms with van der Waals surface area (Å²) in [5, 5.41) is 0. The van der Waals surface area contributed by atoms with Gasteiger partial charge < -0.3 is 5.43 Å². The first-order valence-electron chi connectivity index (χ1n) is 3.93. The first-order valence-corrected chi connectivity index (χ1v) is 3.93. The number of nitrogen functional groups attached to an aromatic ring is 1. The summed E-state index contributed by atoms with van der Waals surface area (Å²) in [5.41, 5.74) is 5.01. The smallest absolute Gasteiger partial charge is 0.0517 e. The molecule has 1 aromatic rings.